The molecule has 0 heterocycles. The monoisotopic (exact) mass is 418 g/mol. The summed E-state index contributed by atoms with van der Waals surface area (Å²) in [5.74, 6) is -0.658. The third-order valence-corrected chi connectivity index (χ3v) is 4.41. The number of hydrogen-bond acceptors (Lipinski definition) is 8. The first kappa shape index (κ1) is 21.4. The summed E-state index contributed by atoms with van der Waals surface area (Å²) < 4.78 is 36.0. The number of hydrogen-bond donors (Lipinski definition) is 3. The molecule has 3 N–H and O–H groups in total. The summed E-state index contributed by atoms with van der Waals surface area (Å²) in [6.07, 6.45) is 1.09. The van der Waals surface area contributed by atoms with E-state index in [9.17, 15) is 28.6 Å². The number of nitro groups is 1. The predicted molar refractivity (Wildman–Crippen MR) is 102 cm³/mol. The van der Waals surface area contributed by atoms with E-state index in [1.54, 1.807) is 6.07 Å². The maximum Gasteiger partial charge on any atom is 0.294 e. The fourth-order valence-corrected chi connectivity index (χ4v) is 2.60. The first-order valence-electron chi connectivity index (χ1n) is 7.74. The van der Waals surface area contributed by atoms with Crippen LogP contribution in [0.4, 0.5) is 17.1 Å². The molecule has 11 nitrogen and oxygen atoms in total. The number of anilines is 2. The molecule has 0 aliphatic carbocycles. The quantitative estimate of drug-likeness (QED) is 0.200. The van der Waals surface area contributed by atoms with Gasteiger partial charge in [-0.3, -0.25) is 19.5 Å². The third kappa shape index (κ3) is 5.51. The minimum Gasteiger partial charge on any atom is -0.494 e. The Morgan fingerprint density at radius 2 is 1.93 bits per heavy atom. The van der Waals surface area contributed by atoms with E-state index < -0.39 is 20.9 Å². The largest absolute Gasteiger partial charge is 0.494 e. The molecule has 2 aromatic rings. The minimum atomic E-state index is -4.36. The molecule has 0 unspecified atom stereocenters. The normalized spacial score (nSPS) is 11.3. The third-order valence-electron chi connectivity index (χ3n) is 3.54. The van der Waals surface area contributed by atoms with Crippen LogP contribution in [0.15, 0.2) is 59.1 Å². The Bertz CT molecular complexity index is 1120. The molecule has 150 valence electrons. The van der Waals surface area contributed by atoms with Gasteiger partial charge < -0.3 is 15.4 Å². The molecule has 0 fully saturated rings. The Morgan fingerprint density at radius 1 is 1.28 bits per heavy atom. The van der Waals surface area contributed by atoms with E-state index in [1.807, 2.05) is 0 Å². The average Bonchev–Trinajstić information content (AvgIpc) is 2.68. The highest BCUT2D eigenvalue weighted by atomic mass is 32.2. The number of carbonyl (C=O) groups is 1. The van der Waals surface area contributed by atoms with Crippen LogP contribution < -0.4 is 15.4 Å². The summed E-state index contributed by atoms with van der Waals surface area (Å²) in [7, 11) is -3.06. The van der Waals surface area contributed by atoms with Gasteiger partial charge in [-0.05, 0) is 30.3 Å². The standard InChI is InChI=1S/C17H14N4O7S/c1-28-16-8-13(21(23)24)4-7-15(16)19-10-11(9-18)17(22)20-12-2-5-14(6-3-12)29(25,26)27/h2-8,10,19H,1H3,(H,20,22)(H,25,26,27)/b11-10-. The molecular weight excluding hydrogens is 404 g/mol. The lowest BCUT2D eigenvalue weighted by Gasteiger charge is -2.09. The van der Waals surface area contributed by atoms with E-state index in [1.165, 1.54) is 37.4 Å². The molecule has 0 radical (unpaired) electrons. The Hall–Kier alpha value is -3.95. The van der Waals surface area contributed by atoms with Crippen molar-refractivity contribution in [3.63, 3.8) is 0 Å². The zero-order chi connectivity index (χ0) is 21.6. The SMILES string of the molecule is COc1cc([N+](=O)[O-])ccc1N/C=C(/C#N)C(=O)Nc1ccc(S(=O)(=O)O)cc1. The van der Waals surface area contributed by atoms with Crippen molar-refractivity contribution < 1.29 is 27.4 Å². The molecular formula is C17H14N4O7S. The molecule has 2 rings (SSSR count). The Morgan fingerprint density at radius 3 is 2.45 bits per heavy atom. The van der Waals surface area contributed by atoms with E-state index in [0.29, 0.717) is 0 Å². The zero-order valence-corrected chi connectivity index (χ0v) is 15.6. The number of methoxy groups -OCH3 is 1. The first-order valence-corrected chi connectivity index (χ1v) is 9.18. The van der Waals surface area contributed by atoms with Gasteiger partial charge in [0.15, 0.2) is 0 Å². The van der Waals surface area contributed by atoms with Gasteiger partial charge >= 0.3 is 0 Å². The Kier molecular flexibility index (Phi) is 6.50. The molecule has 0 aliphatic heterocycles. The van der Waals surface area contributed by atoms with Crippen molar-refractivity contribution in [3.05, 3.63) is 64.4 Å². The van der Waals surface area contributed by atoms with Crippen LogP contribution in [-0.2, 0) is 14.9 Å². The van der Waals surface area contributed by atoms with Crippen molar-refractivity contribution in [2.24, 2.45) is 0 Å². The summed E-state index contributed by atoms with van der Waals surface area (Å²) in [6.45, 7) is 0. The molecule has 0 saturated heterocycles. The molecule has 0 bridgehead atoms. The van der Waals surface area contributed by atoms with Gasteiger partial charge in [0, 0.05) is 18.0 Å². The van der Waals surface area contributed by atoms with Crippen molar-refractivity contribution >= 4 is 33.1 Å². The molecule has 0 aromatic heterocycles. The molecule has 1 amide bonds. The number of nitrogens with zero attached hydrogens (tertiary/aromatic N) is 2. The van der Waals surface area contributed by atoms with Gasteiger partial charge in [0.1, 0.15) is 17.4 Å². The lowest BCUT2D eigenvalue weighted by atomic mass is 10.2. The highest BCUT2D eigenvalue weighted by Crippen LogP contribution is 2.29. The first-order chi connectivity index (χ1) is 13.7. The number of benzene rings is 2. The zero-order valence-electron chi connectivity index (χ0n) is 14.8. The summed E-state index contributed by atoms with van der Waals surface area (Å²) in [5.41, 5.74) is -0.0418. The fraction of sp³-hybridized carbons (Fsp3) is 0.0588. The molecule has 0 spiro atoms. The lowest BCUT2D eigenvalue weighted by molar-refractivity contribution is -0.384. The number of ether oxygens (including phenoxy) is 1. The van der Waals surface area contributed by atoms with Crippen molar-refractivity contribution in [1.29, 1.82) is 5.26 Å². The van der Waals surface area contributed by atoms with Crippen molar-refractivity contribution in [1.82, 2.24) is 0 Å². The van der Waals surface area contributed by atoms with Crippen molar-refractivity contribution in [2.45, 2.75) is 4.90 Å². The minimum absolute atomic E-state index is 0.133. The lowest BCUT2D eigenvalue weighted by Crippen LogP contribution is -2.14. The highest BCUT2D eigenvalue weighted by Gasteiger charge is 2.14. The number of nitro benzene ring substituents is 1. The number of rotatable bonds is 7. The van der Waals surface area contributed by atoms with Gasteiger partial charge in [-0.2, -0.15) is 13.7 Å². The fourth-order valence-electron chi connectivity index (χ4n) is 2.12. The molecule has 0 aliphatic rings. The second-order valence-electron chi connectivity index (χ2n) is 5.41. The number of nitriles is 1. The van der Waals surface area contributed by atoms with Gasteiger partial charge in [0.2, 0.25) is 0 Å². The molecule has 29 heavy (non-hydrogen) atoms. The van der Waals surface area contributed by atoms with Crippen LogP contribution in [0.25, 0.3) is 0 Å². The summed E-state index contributed by atoms with van der Waals surface area (Å²) in [5, 5.41) is 25.1. The van der Waals surface area contributed by atoms with E-state index >= 15 is 0 Å². The summed E-state index contributed by atoms with van der Waals surface area (Å²) >= 11 is 0. The number of amides is 1. The smallest absolute Gasteiger partial charge is 0.294 e. The summed E-state index contributed by atoms with van der Waals surface area (Å²) in [6, 6.07) is 10.1. The van der Waals surface area contributed by atoms with Crippen LogP contribution in [0.1, 0.15) is 0 Å². The van der Waals surface area contributed by atoms with Crippen LogP contribution in [-0.4, -0.2) is 30.9 Å². The number of nitrogens with one attached hydrogen (secondary N) is 2. The van der Waals surface area contributed by atoms with Gasteiger partial charge in [-0.1, -0.05) is 0 Å². The average molecular weight is 418 g/mol. The highest BCUT2D eigenvalue weighted by molar-refractivity contribution is 7.85. The van der Waals surface area contributed by atoms with Crippen LogP contribution >= 0.6 is 0 Å². The molecule has 0 saturated carbocycles. The maximum atomic E-state index is 12.2. The number of non-ortho nitro benzene ring substituents is 1. The second-order valence-corrected chi connectivity index (χ2v) is 6.83. The van der Waals surface area contributed by atoms with Crippen LogP contribution in [0.2, 0.25) is 0 Å². The number of carbonyl (C=O) groups excluding carboxylic acids is 1. The van der Waals surface area contributed by atoms with Gasteiger partial charge in [-0.25, -0.2) is 0 Å². The molecule has 0 atom stereocenters. The van der Waals surface area contributed by atoms with Gasteiger partial charge in [0.05, 0.1) is 28.7 Å². The molecule has 12 heteroatoms. The van der Waals surface area contributed by atoms with Crippen LogP contribution in [0.5, 0.6) is 5.75 Å². The predicted octanol–water partition coefficient (Wildman–Crippen LogP) is 2.31. The van der Waals surface area contributed by atoms with Gasteiger partial charge in [-0.15, -0.1) is 0 Å². The Balaban J connectivity index is 2.16. The van der Waals surface area contributed by atoms with Crippen LogP contribution in [0.3, 0.4) is 0 Å². The van der Waals surface area contributed by atoms with Crippen LogP contribution in [0, 0.1) is 21.4 Å². The second kappa shape index (κ2) is 8.83. The topological polar surface area (TPSA) is 172 Å². The maximum absolute atomic E-state index is 12.2. The van der Waals surface area contributed by atoms with E-state index in [0.717, 1.165) is 18.3 Å². The van der Waals surface area contributed by atoms with Gasteiger partial charge in [0.25, 0.3) is 21.7 Å². The van der Waals surface area contributed by atoms with Crippen molar-refractivity contribution in [3.8, 4) is 11.8 Å². The Labute approximate surface area is 165 Å². The van der Waals surface area contributed by atoms with E-state index in [4.69, 9.17) is 9.29 Å². The summed E-state index contributed by atoms with van der Waals surface area (Å²) in [4.78, 5) is 22.1. The van der Waals surface area contributed by atoms with E-state index in [2.05, 4.69) is 10.6 Å². The van der Waals surface area contributed by atoms with E-state index in [-0.39, 0.29) is 33.3 Å². The van der Waals surface area contributed by atoms with Crippen molar-refractivity contribution in [2.75, 3.05) is 17.7 Å². The molecule has 2 aromatic carbocycles.